The van der Waals surface area contributed by atoms with Crippen LogP contribution in [0.4, 0.5) is 17.2 Å². The van der Waals surface area contributed by atoms with E-state index in [4.69, 9.17) is 4.74 Å². The summed E-state index contributed by atoms with van der Waals surface area (Å²) in [7, 11) is 7.32. The molecule has 0 spiro atoms. The molecule has 3 aromatic rings. The van der Waals surface area contributed by atoms with E-state index in [0.717, 1.165) is 33.8 Å². The Hall–Kier alpha value is -3.00. The highest BCUT2D eigenvalue weighted by molar-refractivity contribution is 7.21. The van der Waals surface area contributed by atoms with Crippen molar-refractivity contribution in [2.24, 2.45) is 4.99 Å². The lowest BCUT2D eigenvalue weighted by molar-refractivity contribution is 0.112. The Labute approximate surface area is 155 Å². The van der Waals surface area contributed by atoms with E-state index in [1.165, 1.54) is 17.7 Å². The molecule has 1 aromatic carbocycles. The molecule has 0 saturated heterocycles. The summed E-state index contributed by atoms with van der Waals surface area (Å²) in [6.45, 7) is 0. The van der Waals surface area contributed by atoms with Crippen LogP contribution >= 0.6 is 11.3 Å². The maximum absolute atomic E-state index is 11.5. The monoisotopic (exact) mass is 369 g/mol. The largest absolute Gasteiger partial charge is 0.497 e. The molecule has 0 aliphatic carbocycles. The lowest BCUT2D eigenvalue weighted by Crippen LogP contribution is -2.14. The number of carbonyl (C=O) groups is 1. The molecule has 0 amide bonds. The topological polar surface area (TPSA) is 70.9 Å². The molecule has 134 valence electrons. The minimum absolute atomic E-state index is 0.531. The molecule has 0 aliphatic heterocycles. The second kappa shape index (κ2) is 7.49. The second-order valence-electron chi connectivity index (χ2n) is 5.76. The summed E-state index contributed by atoms with van der Waals surface area (Å²) in [6, 6.07) is 7.64. The molecule has 8 heteroatoms. The fourth-order valence-electron chi connectivity index (χ4n) is 2.50. The zero-order valence-electron chi connectivity index (χ0n) is 15.0. The summed E-state index contributed by atoms with van der Waals surface area (Å²) in [5.41, 5.74) is 1.54. The molecular formula is C18H19N5O2S. The molecule has 0 atom stereocenters. The first-order valence-corrected chi connectivity index (χ1v) is 8.68. The number of rotatable bonds is 6. The van der Waals surface area contributed by atoms with E-state index in [1.54, 1.807) is 13.4 Å². The zero-order valence-corrected chi connectivity index (χ0v) is 15.8. The standard InChI is InChI=1S/C18H19N5O2S/c1-22(2)17-15-16(14(9-24)26-18(15)20-10-19-17)21-11-23(3)12-5-7-13(25-4)8-6-12/h5-11H,1-4H3. The van der Waals surface area contributed by atoms with E-state index in [0.29, 0.717) is 10.6 Å². The molecular weight excluding hydrogens is 350 g/mol. The molecule has 7 nitrogen and oxygen atoms in total. The van der Waals surface area contributed by atoms with Crippen molar-refractivity contribution in [3.05, 3.63) is 35.5 Å². The Morgan fingerprint density at radius 2 is 1.88 bits per heavy atom. The van der Waals surface area contributed by atoms with Crippen molar-refractivity contribution >= 4 is 51.4 Å². The van der Waals surface area contributed by atoms with Crippen molar-refractivity contribution in [2.45, 2.75) is 0 Å². The third kappa shape index (κ3) is 3.36. The number of aromatic nitrogens is 2. The van der Waals surface area contributed by atoms with Gasteiger partial charge >= 0.3 is 0 Å². The van der Waals surface area contributed by atoms with E-state index < -0.39 is 0 Å². The molecule has 0 bridgehead atoms. The molecule has 26 heavy (non-hydrogen) atoms. The van der Waals surface area contributed by atoms with E-state index in [9.17, 15) is 4.79 Å². The highest BCUT2D eigenvalue weighted by Crippen LogP contribution is 2.39. The molecule has 0 saturated carbocycles. The predicted molar refractivity (Wildman–Crippen MR) is 107 cm³/mol. The minimum Gasteiger partial charge on any atom is -0.497 e. The van der Waals surface area contributed by atoms with Gasteiger partial charge in [-0.2, -0.15) is 0 Å². The molecule has 0 unspecified atom stereocenters. The number of benzene rings is 1. The molecule has 3 rings (SSSR count). The highest BCUT2D eigenvalue weighted by atomic mass is 32.1. The van der Waals surface area contributed by atoms with Crippen LogP contribution < -0.4 is 14.5 Å². The van der Waals surface area contributed by atoms with Crippen LogP contribution in [0.5, 0.6) is 5.75 Å². The van der Waals surface area contributed by atoms with Gasteiger partial charge in [-0.25, -0.2) is 15.0 Å². The van der Waals surface area contributed by atoms with Gasteiger partial charge < -0.3 is 14.5 Å². The Morgan fingerprint density at radius 1 is 1.15 bits per heavy atom. The maximum Gasteiger partial charge on any atom is 0.162 e. The Kier molecular flexibility index (Phi) is 5.13. The van der Waals surface area contributed by atoms with Crippen LogP contribution in [0.2, 0.25) is 0 Å². The first-order chi connectivity index (χ1) is 12.5. The second-order valence-corrected chi connectivity index (χ2v) is 6.79. The fourth-order valence-corrected chi connectivity index (χ4v) is 3.39. The van der Waals surface area contributed by atoms with Crippen LogP contribution in [0.25, 0.3) is 10.2 Å². The average molecular weight is 369 g/mol. The van der Waals surface area contributed by atoms with Crippen molar-refractivity contribution < 1.29 is 9.53 Å². The van der Waals surface area contributed by atoms with Crippen molar-refractivity contribution in [1.29, 1.82) is 0 Å². The van der Waals surface area contributed by atoms with E-state index in [2.05, 4.69) is 15.0 Å². The van der Waals surface area contributed by atoms with Gasteiger partial charge in [-0.1, -0.05) is 0 Å². The molecule has 0 fully saturated rings. The van der Waals surface area contributed by atoms with Crippen molar-refractivity contribution in [1.82, 2.24) is 9.97 Å². The van der Waals surface area contributed by atoms with Crippen molar-refractivity contribution in [2.75, 3.05) is 38.1 Å². The van der Waals surface area contributed by atoms with Gasteiger partial charge in [-0.3, -0.25) is 4.79 Å². The number of carbonyl (C=O) groups excluding carboxylic acids is 1. The number of ether oxygens (including phenoxy) is 1. The van der Waals surface area contributed by atoms with Crippen LogP contribution in [0.1, 0.15) is 9.67 Å². The number of hydrogen-bond acceptors (Lipinski definition) is 7. The summed E-state index contributed by atoms with van der Waals surface area (Å²) in [5, 5.41) is 0.781. The van der Waals surface area contributed by atoms with Crippen LogP contribution in [0.15, 0.2) is 35.6 Å². The highest BCUT2D eigenvalue weighted by Gasteiger charge is 2.17. The summed E-state index contributed by atoms with van der Waals surface area (Å²) in [5.74, 6) is 1.53. The van der Waals surface area contributed by atoms with Crippen molar-refractivity contribution in [3.8, 4) is 5.75 Å². The van der Waals surface area contributed by atoms with Gasteiger partial charge in [0.15, 0.2) is 6.29 Å². The van der Waals surface area contributed by atoms with Gasteiger partial charge in [0.05, 0.1) is 29.4 Å². The van der Waals surface area contributed by atoms with Crippen LogP contribution in [-0.4, -0.2) is 50.8 Å². The number of fused-ring (bicyclic) bond motifs is 1. The van der Waals surface area contributed by atoms with E-state index in [-0.39, 0.29) is 0 Å². The smallest absolute Gasteiger partial charge is 0.162 e. The third-order valence-electron chi connectivity index (χ3n) is 3.84. The Balaban J connectivity index is 2.01. The lowest BCUT2D eigenvalue weighted by atomic mass is 10.2. The number of thiophene rings is 1. The minimum atomic E-state index is 0.531. The maximum atomic E-state index is 11.5. The SMILES string of the molecule is COc1ccc(N(C)C=Nc2c(C=O)sc3ncnc(N(C)C)c23)cc1. The Bertz CT molecular complexity index is 950. The summed E-state index contributed by atoms with van der Waals surface area (Å²) in [4.78, 5) is 29.7. The van der Waals surface area contributed by atoms with Gasteiger partial charge in [-0.05, 0) is 24.3 Å². The van der Waals surface area contributed by atoms with Crippen molar-refractivity contribution in [3.63, 3.8) is 0 Å². The fraction of sp³-hybridized carbons (Fsp3) is 0.222. The van der Waals surface area contributed by atoms with Gasteiger partial charge in [-0.15, -0.1) is 11.3 Å². The third-order valence-corrected chi connectivity index (χ3v) is 4.85. The summed E-state index contributed by atoms with van der Waals surface area (Å²) < 4.78 is 5.17. The number of aldehydes is 1. The quantitative estimate of drug-likeness (QED) is 0.377. The van der Waals surface area contributed by atoms with Gasteiger partial charge in [0.25, 0.3) is 0 Å². The lowest BCUT2D eigenvalue weighted by Gasteiger charge is -2.14. The van der Waals surface area contributed by atoms with Crippen LogP contribution in [0, 0.1) is 0 Å². The van der Waals surface area contributed by atoms with E-state index in [1.807, 2.05) is 55.2 Å². The first kappa shape index (κ1) is 17.8. The summed E-state index contributed by atoms with van der Waals surface area (Å²) >= 11 is 1.31. The normalized spacial score (nSPS) is 11.1. The molecule has 2 aromatic heterocycles. The molecule has 0 N–H and O–H groups in total. The van der Waals surface area contributed by atoms with Crippen LogP contribution in [-0.2, 0) is 0 Å². The number of nitrogens with zero attached hydrogens (tertiary/aromatic N) is 5. The first-order valence-electron chi connectivity index (χ1n) is 7.86. The van der Waals surface area contributed by atoms with Crippen LogP contribution in [0.3, 0.4) is 0 Å². The number of hydrogen-bond donors (Lipinski definition) is 0. The number of methoxy groups -OCH3 is 1. The van der Waals surface area contributed by atoms with E-state index >= 15 is 0 Å². The molecule has 2 heterocycles. The predicted octanol–water partition coefficient (Wildman–Crippen LogP) is 3.37. The molecule has 0 radical (unpaired) electrons. The average Bonchev–Trinajstić information content (AvgIpc) is 3.03. The van der Waals surface area contributed by atoms with Gasteiger partial charge in [0.1, 0.15) is 22.7 Å². The molecule has 0 aliphatic rings. The zero-order chi connectivity index (χ0) is 18.7. The van der Waals surface area contributed by atoms with Gasteiger partial charge in [0.2, 0.25) is 0 Å². The Morgan fingerprint density at radius 3 is 2.50 bits per heavy atom. The summed E-state index contributed by atoms with van der Waals surface area (Å²) in [6.07, 6.45) is 3.99. The number of aliphatic imine (C=N–C) groups is 1. The van der Waals surface area contributed by atoms with Gasteiger partial charge in [0, 0.05) is 26.8 Å². The number of anilines is 2.